The average molecular weight is 429 g/mol. The Morgan fingerprint density at radius 3 is 2.44 bits per heavy atom. The van der Waals surface area contributed by atoms with Gasteiger partial charge in [0, 0.05) is 16.9 Å². The van der Waals surface area contributed by atoms with E-state index in [4.69, 9.17) is 4.74 Å². The van der Waals surface area contributed by atoms with Gasteiger partial charge < -0.3 is 15.4 Å². The summed E-state index contributed by atoms with van der Waals surface area (Å²) >= 11 is 0. The standard InChI is InChI=1S/C25H23N3O4/c1-16-8-9-18(12-17(16)2)25(31)27-20-10-11-22-21(13-20)28(24(30)15-32-22)14-23(29)26-19-6-4-3-5-7-19/h3-13H,14-15H2,1-2H3,(H,26,29)(H,27,31). The molecular weight excluding hydrogens is 406 g/mol. The first kappa shape index (κ1) is 21.1. The van der Waals surface area contributed by atoms with Crippen LogP contribution in [0.15, 0.2) is 66.7 Å². The predicted molar refractivity (Wildman–Crippen MR) is 123 cm³/mol. The second-order valence-electron chi connectivity index (χ2n) is 7.62. The van der Waals surface area contributed by atoms with Crippen molar-refractivity contribution in [2.45, 2.75) is 13.8 Å². The molecule has 0 spiro atoms. The van der Waals surface area contributed by atoms with Crippen molar-refractivity contribution >= 4 is 34.8 Å². The minimum Gasteiger partial charge on any atom is -0.482 e. The zero-order valence-corrected chi connectivity index (χ0v) is 17.8. The predicted octanol–water partition coefficient (Wildman–Crippen LogP) is 3.92. The van der Waals surface area contributed by atoms with E-state index in [9.17, 15) is 14.4 Å². The Morgan fingerprint density at radius 2 is 1.69 bits per heavy atom. The van der Waals surface area contributed by atoms with Crippen molar-refractivity contribution in [1.82, 2.24) is 0 Å². The highest BCUT2D eigenvalue weighted by atomic mass is 16.5. The van der Waals surface area contributed by atoms with Crippen molar-refractivity contribution in [1.29, 1.82) is 0 Å². The molecule has 2 N–H and O–H groups in total. The smallest absolute Gasteiger partial charge is 0.265 e. The number of carbonyl (C=O) groups excluding carboxylic acids is 3. The number of para-hydroxylation sites is 1. The first-order valence-electron chi connectivity index (χ1n) is 10.2. The van der Waals surface area contributed by atoms with Crippen LogP contribution in [0.25, 0.3) is 0 Å². The third kappa shape index (κ3) is 4.62. The molecule has 0 aromatic heterocycles. The fourth-order valence-electron chi connectivity index (χ4n) is 3.40. The van der Waals surface area contributed by atoms with Crippen LogP contribution >= 0.6 is 0 Å². The molecule has 32 heavy (non-hydrogen) atoms. The van der Waals surface area contributed by atoms with Crippen LogP contribution in [0.4, 0.5) is 17.1 Å². The number of nitrogens with zero attached hydrogens (tertiary/aromatic N) is 1. The first-order valence-corrected chi connectivity index (χ1v) is 10.2. The number of amides is 3. The molecule has 0 fully saturated rings. The van der Waals surface area contributed by atoms with Gasteiger partial charge in [-0.2, -0.15) is 0 Å². The van der Waals surface area contributed by atoms with E-state index in [1.165, 1.54) is 4.90 Å². The number of nitrogens with one attached hydrogen (secondary N) is 2. The summed E-state index contributed by atoms with van der Waals surface area (Å²) in [5.74, 6) is -0.453. The van der Waals surface area contributed by atoms with Gasteiger partial charge in [0.2, 0.25) is 5.91 Å². The van der Waals surface area contributed by atoms with Gasteiger partial charge in [-0.15, -0.1) is 0 Å². The normalized spacial score (nSPS) is 12.6. The van der Waals surface area contributed by atoms with Crippen molar-refractivity contribution in [3.05, 3.63) is 83.4 Å². The SMILES string of the molecule is Cc1ccc(C(=O)Nc2ccc3c(c2)N(CC(=O)Nc2ccccc2)C(=O)CO3)cc1C. The minimum absolute atomic E-state index is 0.153. The fourth-order valence-corrected chi connectivity index (χ4v) is 3.40. The molecule has 1 aliphatic rings. The molecule has 4 rings (SSSR count). The molecule has 7 heteroatoms. The molecule has 162 valence electrons. The molecule has 0 aliphatic carbocycles. The zero-order chi connectivity index (χ0) is 22.7. The highest BCUT2D eigenvalue weighted by Crippen LogP contribution is 2.34. The molecule has 0 bridgehead atoms. The maximum Gasteiger partial charge on any atom is 0.265 e. The Kier molecular flexibility index (Phi) is 5.89. The highest BCUT2D eigenvalue weighted by Gasteiger charge is 2.28. The second-order valence-corrected chi connectivity index (χ2v) is 7.62. The number of benzene rings is 3. The largest absolute Gasteiger partial charge is 0.482 e. The number of rotatable bonds is 5. The lowest BCUT2D eigenvalue weighted by Gasteiger charge is -2.29. The van der Waals surface area contributed by atoms with E-state index >= 15 is 0 Å². The summed E-state index contributed by atoms with van der Waals surface area (Å²) < 4.78 is 5.50. The molecule has 7 nitrogen and oxygen atoms in total. The van der Waals surface area contributed by atoms with Crippen LogP contribution in [0, 0.1) is 13.8 Å². The highest BCUT2D eigenvalue weighted by molar-refractivity contribution is 6.07. The maximum absolute atomic E-state index is 12.7. The van der Waals surface area contributed by atoms with E-state index in [0.717, 1.165) is 11.1 Å². The van der Waals surface area contributed by atoms with Gasteiger partial charge in [0.25, 0.3) is 11.8 Å². The van der Waals surface area contributed by atoms with Gasteiger partial charge in [-0.25, -0.2) is 0 Å². The average Bonchev–Trinajstić information content (AvgIpc) is 2.78. The number of anilines is 3. The Bertz CT molecular complexity index is 1190. The van der Waals surface area contributed by atoms with Crippen molar-refractivity contribution in [3.63, 3.8) is 0 Å². The Hall–Kier alpha value is -4.13. The van der Waals surface area contributed by atoms with Crippen LogP contribution in [-0.4, -0.2) is 30.9 Å². The molecule has 0 unspecified atom stereocenters. The van der Waals surface area contributed by atoms with Crippen LogP contribution in [0.1, 0.15) is 21.5 Å². The number of aryl methyl sites for hydroxylation is 2. The molecule has 3 amide bonds. The summed E-state index contributed by atoms with van der Waals surface area (Å²) in [6.45, 7) is 3.62. The van der Waals surface area contributed by atoms with Gasteiger partial charge in [-0.3, -0.25) is 19.3 Å². The molecule has 0 atom stereocenters. The Labute approximate surface area is 186 Å². The van der Waals surface area contributed by atoms with Crippen LogP contribution < -0.4 is 20.3 Å². The first-order chi connectivity index (χ1) is 15.4. The Morgan fingerprint density at radius 1 is 0.906 bits per heavy atom. The van der Waals surface area contributed by atoms with Crippen LogP contribution in [0.2, 0.25) is 0 Å². The third-order valence-corrected chi connectivity index (χ3v) is 5.29. The van der Waals surface area contributed by atoms with Crippen molar-refractivity contribution in [3.8, 4) is 5.75 Å². The van der Waals surface area contributed by atoms with Crippen LogP contribution in [0.5, 0.6) is 5.75 Å². The number of hydrogen-bond donors (Lipinski definition) is 2. The topological polar surface area (TPSA) is 87.7 Å². The van der Waals surface area contributed by atoms with Crippen LogP contribution in [-0.2, 0) is 9.59 Å². The summed E-state index contributed by atoms with van der Waals surface area (Å²) in [4.78, 5) is 39.1. The zero-order valence-electron chi connectivity index (χ0n) is 17.8. The van der Waals surface area contributed by atoms with Gasteiger partial charge in [0.05, 0.1) is 5.69 Å². The Balaban J connectivity index is 1.53. The number of carbonyl (C=O) groups is 3. The number of ether oxygens (including phenoxy) is 1. The van der Waals surface area contributed by atoms with E-state index in [1.807, 2.05) is 44.2 Å². The summed E-state index contributed by atoms with van der Waals surface area (Å²) in [5, 5.41) is 5.63. The molecule has 3 aromatic rings. The van der Waals surface area contributed by atoms with E-state index < -0.39 is 0 Å². The molecule has 0 saturated carbocycles. The molecule has 1 heterocycles. The van der Waals surface area contributed by atoms with Crippen molar-refractivity contribution < 1.29 is 19.1 Å². The summed E-state index contributed by atoms with van der Waals surface area (Å²) in [7, 11) is 0. The van der Waals surface area contributed by atoms with E-state index in [2.05, 4.69) is 10.6 Å². The van der Waals surface area contributed by atoms with Gasteiger partial charge >= 0.3 is 0 Å². The number of hydrogen-bond acceptors (Lipinski definition) is 4. The van der Waals surface area contributed by atoms with E-state index in [-0.39, 0.29) is 30.9 Å². The van der Waals surface area contributed by atoms with E-state index in [0.29, 0.717) is 28.4 Å². The van der Waals surface area contributed by atoms with Gasteiger partial charge in [-0.1, -0.05) is 24.3 Å². The second kappa shape index (κ2) is 8.93. The third-order valence-electron chi connectivity index (χ3n) is 5.29. The minimum atomic E-state index is -0.335. The molecule has 1 aliphatic heterocycles. The molecule has 3 aromatic carbocycles. The summed E-state index contributed by atoms with van der Waals surface area (Å²) in [6.07, 6.45) is 0. The van der Waals surface area contributed by atoms with E-state index in [1.54, 1.807) is 36.4 Å². The lowest BCUT2D eigenvalue weighted by Crippen LogP contribution is -2.43. The lowest BCUT2D eigenvalue weighted by atomic mass is 10.1. The van der Waals surface area contributed by atoms with Crippen LogP contribution in [0.3, 0.4) is 0 Å². The monoisotopic (exact) mass is 429 g/mol. The summed E-state index contributed by atoms with van der Waals surface area (Å²) in [6, 6.07) is 19.5. The van der Waals surface area contributed by atoms with Crippen molar-refractivity contribution in [2.24, 2.45) is 0 Å². The molecule has 0 radical (unpaired) electrons. The summed E-state index contributed by atoms with van der Waals surface area (Å²) in [5.41, 5.74) is 4.25. The molecular formula is C25H23N3O4. The fraction of sp³-hybridized carbons (Fsp3) is 0.160. The van der Waals surface area contributed by atoms with Gasteiger partial charge in [0.1, 0.15) is 12.3 Å². The van der Waals surface area contributed by atoms with Crippen molar-refractivity contribution in [2.75, 3.05) is 28.7 Å². The quantitative estimate of drug-likeness (QED) is 0.644. The maximum atomic E-state index is 12.7. The van der Waals surface area contributed by atoms with Gasteiger partial charge in [-0.05, 0) is 67.4 Å². The number of fused-ring (bicyclic) bond motifs is 1. The lowest BCUT2D eigenvalue weighted by molar-refractivity contribution is -0.123. The molecule has 0 saturated heterocycles. The van der Waals surface area contributed by atoms with Gasteiger partial charge in [0.15, 0.2) is 6.61 Å².